The van der Waals surface area contributed by atoms with Gasteiger partial charge in [-0.1, -0.05) is 6.92 Å². The Balaban J connectivity index is 3.44. The van der Waals surface area contributed by atoms with E-state index in [0.29, 0.717) is 6.42 Å². The van der Waals surface area contributed by atoms with Gasteiger partial charge in [-0.3, -0.25) is 9.59 Å². The van der Waals surface area contributed by atoms with Crippen LogP contribution in [0.25, 0.3) is 0 Å². The van der Waals surface area contributed by atoms with Gasteiger partial charge in [0.2, 0.25) is 0 Å². The first kappa shape index (κ1) is 9.94. The van der Waals surface area contributed by atoms with E-state index in [-0.39, 0.29) is 18.8 Å². The minimum absolute atomic E-state index is 0.0489. The molecule has 0 radical (unpaired) electrons. The smallest absolute Gasteiger partial charge is 0.303 e. The lowest BCUT2D eigenvalue weighted by Gasteiger charge is -2.04. The molecule has 0 aliphatic heterocycles. The van der Waals surface area contributed by atoms with Gasteiger partial charge in [0.05, 0.1) is 0 Å². The summed E-state index contributed by atoms with van der Waals surface area (Å²) in [4.78, 5) is 20.1. The van der Waals surface area contributed by atoms with Gasteiger partial charge in [-0.15, -0.1) is 0 Å². The summed E-state index contributed by atoms with van der Waals surface area (Å²) in [6.07, 6.45) is 0.531. The Bertz CT molecular complexity index is 153. The van der Waals surface area contributed by atoms with Gasteiger partial charge in [0.25, 0.3) is 0 Å². The van der Waals surface area contributed by atoms with Crippen LogP contribution in [0.3, 0.4) is 0 Å². The molecule has 1 unspecified atom stereocenters. The second kappa shape index (κ2) is 4.71. The lowest BCUT2D eigenvalue weighted by atomic mass is 10.0. The van der Waals surface area contributed by atoms with Crippen molar-refractivity contribution in [1.82, 2.24) is 0 Å². The molecule has 0 heterocycles. The fraction of sp³-hybridized carbons (Fsp3) is 0.714. The maximum Gasteiger partial charge on any atom is 0.303 e. The molecule has 64 valence electrons. The Labute approximate surface area is 64.8 Å². The van der Waals surface area contributed by atoms with Crippen molar-refractivity contribution in [1.29, 1.82) is 0 Å². The van der Waals surface area contributed by atoms with Gasteiger partial charge < -0.3 is 10.2 Å². The van der Waals surface area contributed by atoms with Gasteiger partial charge >= 0.3 is 11.9 Å². The molecule has 4 heteroatoms. The van der Waals surface area contributed by atoms with Gasteiger partial charge in [0.15, 0.2) is 0 Å². The van der Waals surface area contributed by atoms with Crippen LogP contribution in [-0.4, -0.2) is 22.2 Å². The number of carbonyl (C=O) groups is 2. The van der Waals surface area contributed by atoms with E-state index in [1.165, 1.54) is 0 Å². The van der Waals surface area contributed by atoms with Crippen LogP contribution in [0.1, 0.15) is 26.2 Å². The predicted molar refractivity (Wildman–Crippen MR) is 38.3 cm³/mol. The zero-order valence-corrected chi connectivity index (χ0v) is 6.41. The molecule has 0 amide bonds. The largest absolute Gasteiger partial charge is 0.481 e. The fourth-order valence-corrected chi connectivity index (χ4v) is 0.770. The molecule has 0 saturated heterocycles. The van der Waals surface area contributed by atoms with E-state index < -0.39 is 11.9 Å². The maximum atomic E-state index is 10.1. The van der Waals surface area contributed by atoms with E-state index in [0.717, 1.165) is 0 Å². The van der Waals surface area contributed by atoms with Crippen molar-refractivity contribution in [2.24, 2.45) is 5.92 Å². The summed E-state index contributed by atoms with van der Waals surface area (Å²) in [5.41, 5.74) is 0. The zero-order chi connectivity index (χ0) is 8.85. The van der Waals surface area contributed by atoms with Gasteiger partial charge in [-0.05, 0) is 12.3 Å². The van der Waals surface area contributed by atoms with Crippen molar-refractivity contribution >= 4 is 11.9 Å². The SMILES string of the molecule is CC(CCC(=O)O)CC(=O)O. The number of aliphatic carboxylic acids is 2. The van der Waals surface area contributed by atoms with E-state index in [1.807, 2.05) is 0 Å². The first-order valence-electron chi connectivity index (χ1n) is 3.46. The first-order chi connectivity index (χ1) is 5.02. The highest BCUT2D eigenvalue weighted by molar-refractivity contribution is 5.68. The Morgan fingerprint density at radius 2 is 1.82 bits per heavy atom. The molecule has 0 aliphatic rings. The number of carboxylic acid groups (broad SMARTS) is 2. The molecule has 0 bridgehead atoms. The van der Waals surface area contributed by atoms with Gasteiger partial charge in [-0.25, -0.2) is 0 Å². The van der Waals surface area contributed by atoms with Gasteiger partial charge in [-0.2, -0.15) is 0 Å². The summed E-state index contributed by atoms with van der Waals surface area (Å²) in [6.45, 7) is 1.73. The zero-order valence-electron chi connectivity index (χ0n) is 6.41. The summed E-state index contributed by atoms with van der Waals surface area (Å²) >= 11 is 0. The molecule has 0 fully saturated rings. The average Bonchev–Trinajstić information content (AvgIpc) is 1.82. The number of hydrogen-bond acceptors (Lipinski definition) is 2. The summed E-state index contributed by atoms with van der Waals surface area (Å²) in [5.74, 6) is -1.80. The molecule has 0 rings (SSSR count). The summed E-state index contributed by atoms with van der Waals surface area (Å²) in [7, 11) is 0. The predicted octanol–water partition coefficient (Wildman–Crippen LogP) is 0.962. The summed E-state index contributed by atoms with van der Waals surface area (Å²) < 4.78 is 0. The fourth-order valence-electron chi connectivity index (χ4n) is 0.770. The molecule has 0 aromatic carbocycles. The first-order valence-corrected chi connectivity index (χ1v) is 3.46. The molecule has 4 nitrogen and oxygen atoms in total. The second-order valence-electron chi connectivity index (χ2n) is 2.64. The molecule has 0 aromatic heterocycles. The molecule has 0 saturated carbocycles. The van der Waals surface area contributed by atoms with Gasteiger partial charge in [0, 0.05) is 12.8 Å². The average molecular weight is 160 g/mol. The van der Waals surface area contributed by atoms with Crippen LogP contribution in [0, 0.1) is 5.92 Å². The van der Waals surface area contributed by atoms with Crippen LogP contribution in [0.15, 0.2) is 0 Å². The lowest BCUT2D eigenvalue weighted by Crippen LogP contribution is -2.06. The van der Waals surface area contributed by atoms with Gasteiger partial charge in [0.1, 0.15) is 0 Å². The van der Waals surface area contributed by atoms with Crippen molar-refractivity contribution < 1.29 is 19.8 Å². The third-order valence-electron chi connectivity index (χ3n) is 1.37. The molecule has 0 spiro atoms. The minimum atomic E-state index is -0.873. The van der Waals surface area contributed by atoms with Crippen molar-refractivity contribution in [3.8, 4) is 0 Å². The van der Waals surface area contributed by atoms with E-state index in [9.17, 15) is 9.59 Å². The van der Waals surface area contributed by atoms with Crippen molar-refractivity contribution in [2.75, 3.05) is 0 Å². The summed E-state index contributed by atoms with van der Waals surface area (Å²) in [5, 5.41) is 16.6. The van der Waals surface area contributed by atoms with Crippen molar-refractivity contribution in [2.45, 2.75) is 26.2 Å². The highest BCUT2D eigenvalue weighted by Gasteiger charge is 2.08. The normalized spacial score (nSPS) is 12.5. The molecule has 11 heavy (non-hydrogen) atoms. The Hall–Kier alpha value is -1.06. The monoisotopic (exact) mass is 160 g/mol. The molecule has 2 N–H and O–H groups in total. The molecule has 1 atom stereocenters. The third-order valence-corrected chi connectivity index (χ3v) is 1.37. The minimum Gasteiger partial charge on any atom is -0.481 e. The van der Waals surface area contributed by atoms with Crippen LogP contribution < -0.4 is 0 Å². The van der Waals surface area contributed by atoms with E-state index in [4.69, 9.17) is 10.2 Å². The maximum absolute atomic E-state index is 10.1. The Morgan fingerprint density at radius 1 is 1.27 bits per heavy atom. The van der Waals surface area contributed by atoms with E-state index in [2.05, 4.69) is 0 Å². The Kier molecular flexibility index (Phi) is 4.26. The van der Waals surface area contributed by atoms with Crippen LogP contribution in [0.5, 0.6) is 0 Å². The highest BCUT2D eigenvalue weighted by Crippen LogP contribution is 2.09. The molecular weight excluding hydrogens is 148 g/mol. The molecular formula is C7H12O4. The van der Waals surface area contributed by atoms with Crippen molar-refractivity contribution in [3.05, 3.63) is 0 Å². The highest BCUT2D eigenvalue weighted by atomic mass is 16.4. The van der Waals surface area contributed by atoms with Crippen LogP contribution in [0.2, 0.25) is 0 Å². The number of rotatable bonds is 5. The third kappa shape index (κ3) is 6.83. The summed E-state index contributed by atoms with van der Waals surface area (Å²) in [6, 6.07) is 0. The number of carboxylic acids is 2. The topological polar surface area (TPSA) is 74.6 Å². The Morgan fingerprint density at radius 3 is 2.18 bits per heavy atom. The van der Waals surface area contributed by atoms with E-state index >= 15 is 0 Å². The molecule has 0 aromatic rings. The molecule has 0 aliphatic carbocycles. The standard InChI is InChI=1S/C7H12O4/c1-5(4-7(10)11)2-3-6(8)9/h5H,2-4H2,1H3,(H,8,9)(H,10,11). The van der Waals surface area contributed by atoms with Crippen molar-refractivity contribution in [3.63, 3.8) is 0 Å². The lowest BCUT2D eigenvalue weighted by molar-refractivity contribution is -0.140. The quantitative estimate of drug-likeness (QED) is 0.628. The second-order valence-corrected chi connectivity index (χ2v) is 2.64. The van der Waals surface area contributed by atoms with Crippen LogP contribution >= 0.6 is 0 Å². The van der Waals surface area contributed by atoms with Crippen LogP contribution in [-0.2, 0) is 9.59 Å². The number of hydrogen-bond donors (Lipinski definition) is 2. The van der Waals surface area contributed by atoms with E-state index in [1.54, 1.807) is 6.92 Å². The van der Waals surface area contributed by atoms with Crippen LogP contribution in [0.4, 0.5) is 0 Å².